The number of aliphatic hydroxyl groups is 1. The van der Waals surface area contributed by atoms with E-state index >= 15 is 0 Å². The van der Waals surface area contributed by atoms with Gasteiger partial charge in [-0.1, -0.05) is 20.8 Å². The van der Waals surface area contributed by atoms with Gasteiger partial charge in [0.1, 0.15) is 0 Å². The summed E-state index contributed by atoms with van der Waals surface area (Å²) in [6.45, 7) is 7.39. The molecule has 1 fully saturated rings. The molecule has 106 valence electrons. The minimum atomic E-state index is -0.844. The lowest BCUT2D eigenvalue weighted by atomic mass is 9.80. The summed E-state index contributed by atoms with van der Waals surface area (Å²) in [5.74, 6) is 0. The molecule has 0 radical (unpaired) electrons. The van der Waals surface area contributed by atoms with Crippen molar-refractivity contribution in [1.29, 1.82) is 0 Å². The van der Waals surface area contributed by atoms with Gasteiger partial charge in [0, 0.05) is 25.8 Å². The molecule has 0 spiro atoms. The molecule has 0 aliphatic carbocycles. The number of hydrogen-bond donors (Lipinski definition) is 2. The van der Waals surface area contributed by atoms with Crippen LogP contribution < -0.4 is 0 Å². The first-order valence-electron chi connectivity index (χ1n) is 6.58. The Morgan fingerprint density at radius 1 is 1.44 bits per heavy atom. The van der Waals surface area contributed by atoms with Crippen LogP contribution in [-0.2, 0) is 4.74 Å². The van der Waals surface area contributed by atoms with Gasteiger partial charge in [-0.25, -0.2) is 4.79 Å². The molecular formula is C13H25NO4. The molecule has 1 saturated heterocycles. The van der Waals surface area contributed by atoms with E-state index in [2.05, 4.69) is 20.8 Å². The van der Waals surface area contributed by atoms with E-state index in [9.17, 15) is 9.90 Å². The Kier molecular flexibility index (Phi) is 5.41. The Balaban J connectivity index is 2.59. The average molecular weight is 259 g/mol. The molecule has 5 heteroatoms. The molecule has 0 bridgehead atoms. The molecule has 1 aliphatic heterocycles. The smallest absolute Gasteiger partial charge is 0.407 e. The maximum Gasteiger partial charge on any atom is 0.407 e. The monoisotopic (exact) mass is 259 g/mol. The molecule has 1 rings (SSSR count). The van der Waals surface area contributed by atoms with E-state index in [4.69, 9.17) is 9.84 Å². The lowest BCUT2D eigenvalue weighted by Gasteiger charge is -2.44. The van der Waals surface area contributed by atoms with Crippen molar-refractivity contribution in [3.8, 4) is 0 Å². The predicted molar refractivity (Wildman–Crippen MR) is 68.7 cm³/mol. The van der Waals surface area contributed by atoms with Crippen molar-refractivity contribution in [3.63, 3.8) is 0 Å². The lowest BCUT2D eigenvalue weighted by molar-refractivity contribution is -0.0372. The normalized spacial score (nSPS) is 25.2. The summed E-state index contributed by atoms with van der Waals surface area (Å²) < 4.78 is 5.70. The van der Waals surface area contributed by atoms with Gasteiger partial charge in [0.2, 0.25) is 0 Å². The van der Waals surface area contributed by atoms with Crippen LogP contribution in [0.15, 0.2) is 0 Å². The number of ether oxygens (including phenoxy) is 1. The van der Waals surface area contributed by atoms with Crippen LogP contribution in [0.25, 0.3) is 0 Å². The summed E-state index contributed by atoms with van der Waals surface area (Å²) in [5, 5.41) is 18.0. The van der Waals surface area contributed by atoms with Crippen LogP contribution in [0, 0.1) is 5.41 Å². The van der Waals surface area contributed by atoms with Crippen LogP contribution in [0.2, 0.25) is 0 Å². The van der Waals surface area contributed by atoms with E-state index in [0.29, 0.717) is 19.6 Å². The topological polar surface area (TPSA) is 70.0 Å². The summed E-state index contributed by atoms with van der Waals surface area (Å²) >= 11 is 0. The summed E-state index contributed by atoms with van der Waals surface area (Å²) in [4.78, 5) is 12.8. The highest BCUT2D eigenvalue weighted by Gasteiger charge is 2.38. The third-order valence-electron chi connectivity index (χ3n) is 3.46. The summed E-state index contributed by atoms with van der Waals surface area (Å²) in [5.41, 5.74) is -0.0859. The molecule has 0 saturated carbocycles. The fraction of sp³-hybridized carbons (Fsp3) is 0.923. The molecule has 2 N–H and O–H groups in total. The Morgan fingerprint density at radius 2 is 2.11 bits per heavy atom. The molecule has 1 amide bonds. The molecule has 18 heavy (non-hydrogen) atoms. The molecular weight excluding hydrogens is 234 g/mol. The lowest BCUT2D eigenvalue weighted by Crippen LogP contribution is -2.53. The second kappa shape index (κ2) is 6.38. The van der Waals surface area contributed by atoms with Gasteiger partial charge in [0.15, 0.2) is 0 Å². The van der Waals surface area contributed by atoms with Crippen LogP contribution >= 0.6 is 0 Å². The first-order chi connectivity index (χ1) is 8.36. The van der Waals surface area contributed by atoms with E-state index in [1.54, 1.807) is 0 Å². The van der Waals surface area contributed by atoms with E-state index in [0.717, 1.165) is 12.8 Å². The van der Waals surface area contributed by atoms with Gasteiger partial charge >= 0.3 is 6.09 Å². The maximum absolute atomic E-state index is 11.2. The fourth-order valence-electron chi connectivity index (χ4n) is 2.45. The first-order valence-corrected chi connectivity index (χ1v) is 6.58. The van der Waals surface area contributed by atoms with Crippen molar-refractivity contribution in [3.05, 3.63) is 0 Å². The molecule has 0 aromatic rings. The summed E-state index contributed by atoms with van der Waals surface area (Å²) in [6, 6.07) is -0.0112. The standard InChI is InChI=1S/C13H25NO4/c1-13(2,3)11-9-10(18-8-4-7-15)5-6-14(11)12(16)17/h10-11,15H,4-9H2,1-3H3,(H,16,17). The number of nitrogens with zero attached hydrogens (tertiary/aromatic N) is 1. The predicted octanol–water partition coefficient (Wildman–Crippen LogP) is 1.94. The third-order valence-corrected chi connectivity index (χ3v) is 3.46. The average Bonchev–Trinajstić information content (AvgIpc) is 2.28. The Hall–Kier alpha value is -0.810. The minimum absolute atomic E-state index is 0.0112. The molecule has 0 aromatic heterocycles. The van der Waals surface area contributed by atoms with Gasteiger partial charge < -0.3 is 19.8 Å². The van der Waals surface area contributed by atoms with E-state index in [1.807, 2.05) is 0 Å². The zero-order valence-corrected chi connectivity index (χ0v) is 11.6. The number of hydrogen-bond acceptors (Lipinski definition) is 3. The zero-order valence-electron chi connectivity index (χ0n) is 11.6. The number of carbonyl (C=O) groups is 1. The van der Waals surface area contributed by atoms with E-state index < -0.39 is 6.09 Å². The van der Waals surface area contributed by atoms with Gasteiger partial charge in [0.05, 0.1) is 6.10 Å². The van der Waals surface area contributed by atoms with Crippen molar-refractivity contribution >= 4 is 6.09 Å². The van der Waals surface area contributed by atoms with Crippen LogP contribution in [0.5, 0.6) is 0 Å². The summed E-state index contributed by atoms with van der Waals surface area (Å²) in [7, 11) is 0. The molecule has 1 aliphatic rings. The first kappa shape index (κ1) is 15.2. The Bertz CT molecular complexity index is 275. The highest BCUT2D eigenvalue weighted by molar-refractivity contribution is 5.65. The van der Waals surface area contributed by atoms with Gasteiger partial charge in [-0.05, 0) is 24.7 Å². The molecule has 0 aromatic carbocycles. The molecule has 1 heterocycles. The molecule has 5 nitrogen and oxygen atoms in total. The van der Waals surface area contributed by atoms with Crippen LogP contribution in [0.3, 0.4) is 0 Å². The fourth-order valence-corrected chi connectivity index (χ4v) is 2.45. The highest BCUT2D eigenvalue weighted by atomic mass is 16.5. The van der Waals surface area contributed by atoms with Crippen molar-refractivity contribution in [2.24, 2.45) is 5.41 Å². The second-order valence-corrected chi connectivity index (χ2v) is 5.95. The highest BCUT2D eigenvalue weighted by Crippen LogP contribution is 2.33. The molecule has 2 atom stereocenters. The van der Waals surface area contributed by atoms with Gasteiger partial charge in [-0.15, -0.1) is 0 Å². The SMILES string of the molecule is CC(C)(C)C1CC(OCCCO)CCN1C(=O)O. The zero-order chi connectivity index (χ0) is 13.8. The van der Waals surface area contributed by atoms with Crippen LogP contribution in [0.1, 0.15) is 40.0 Å². The number of likely N-dealkylation sites (tertiary alicyclic amines) is 1. The van der Waals surface area contributed by atoms with Crippen molar-refractivity contribution in [2.45, 2.75) is 52.2 Å². The maximum atomic E-state index is 11.2. The van der Waals surface area contributed by atoms with Gasteiger partial charge in [0.25, 0.3) is 0 Å². The second-order valence-electron chi connectivity index (χ2n) is 5.95. The third kappa shape index (κ3) is 4.14. The quantitative estimate of drug-likeness (QED) is 0.757. The van der Waals surface area contributed by atoms with Gasteiger partial charge in [-0.3, -0.25) is 0 Å². The Morgan fingerprint density at radius 3 is 2.61 bits per heavy atom. The summed E-state index contributed by atoms with van der Waals surface area (Å²) in [6.07, 6.45) is 1.38. The van der Waals surface area contributed by atoms with Gasteiger partial charge in [-0.2, -0.15) is 0 Å². The largest absolute Gasteiger partial charge is 0.465 e. The Labute approximate surface area is 109 Å². The number of piperidine rings is 1. The minimum Gasteiger partial charge on any atom is -0.465 e. The number of rotatable bonds is 4. The molecule has 2 unspecified atom stereocenters. The van der Waals surface area contributed by atoms with Crippen molar-refractivity contribution in [2.75, 3.05) is 19.8 Å². The van der Waals surface area contributed by atoms with Crippen LogP contribution in [0.4, 0.5) is 4.79 Å². The van der Waals surface area contributed by atoms with Crippen molar-refractivity contribution in [1.82, 2.24) is 4.90 Å². The number of aliphatic hydroxyl groups excluding tert-OH is 1. The van der Waals surface area contributed by atoms with E-state index in [-0.39, 0.29) is 24.2 Å². The number of amides is 1. The van der Waals surface area contributed by atoms with Crippen molar-refractivity contribution < 1.29 is 19.7 Å². The number of carboxylic acid groups (broad SMARTS) is 1. The van der Waals surface area contributed by atoms with E-state index in [1.165, 1.54) is 4.90 Å². The van der Waals surface area contributed by atoms with Crippen LogP contribution in [-0.4, -0.2) is 53.1 Å².